The van der Waals surface area contributed by atoms with Crippen LogP contribution in [0.3, 0.4) is 0 Å². The zero-order valence-electron chi connectivity index (χ0n) is 17.9. The summed E-state index contributed by atoms with van der Waals surface area (Å²) < 4.78 is 10.8. The first-order valence-corrected chi connectivity index (χ1v) is 12.5. The van der Waals surface area contributed by atoms with Gasteiger partial charge in [-0.25, -0.2) is 0 Å². The molecule has 0 aliphatic carbocycles. The summed E-state index contributed by atoms with van der Waals surface area (Å²) in [5.41, 5.74) is 0.700. The van der Waals surface area contributed by atoms with Gasteiger partial charge in [-0.2, -0.15) is 0 Å². The van der Waals surface area contributed by atoms with E-state index in [0.29, 0.717) is 23.3 Å². The average molecular weight is 520 g/mol. The van der Waals surface area contributed by atoms with Gasteiger partial charge in [0.15, 0.2) is 17.7 Å². The minimum atomic E-state index is -2.23. The van der Waals surface area contributed by atoms with E-state index < -0.39 is 7.26 Å². The summed E-state index contributed by atoms with van der Waals surface area (Å²) >= 11 is 0. The van der Waals surface area contributed by atoms with Crippen LogP contribution in [0.2, 0.25) is 0 Å². The van der Waals surface area contributed by atoms with Gasteiger partial charge in [0, 0.05) is 11.8 Å². The number of hydrogen-bond acceptors (Lipinski definition) is 3. The molecular formula is C27H23BrNO3P. The number of carbonyl (C=O) groups is 1. The van der Waals surface area contributed by atoms with Crippen molar-refractivity contribution in [2.75, 3.05) is 18.3 Å². The second-order valence-electron chi connectivity index (χ2n) is 7.59. The molecule has 0 atom stereocenters. The van der Waals surface area contributed by atoms with Gasteiger partial charge < -0.3 is 31.8 Å². The monoisotopic (exact) mass is 519 g/mol. The molecule has 5 rings (SSSR count). The molecule has 4 nitrogen and oxygen atoms in total. The van der Waals surface area contributed by atoms with Crippen molar-refractivity contribution in [3.63, 3.8) is 0 Å². The molecular weight excluding hydrogens is 497 g/mol. The van der Waals surface area contributed by atoms with E-state index in [1.54, 1.807) is 0 Å². The zero-order chi connectivity index (χ0) is 21.8. The van der Waals surface area contributed by atoms with Gasteiger partial charge in [-0.15, -0.1) is 0 Å². The van der Waals surface area contributed by atoms with Crippen LogP contribution in [0.15, 0.2) is 109 Å². The molecule has 0 fully saturated rings. The standard InChI is InChI=1S/C27H22NO3P.BrH/c29-27(28-21-16-17-25-26(18-21)31-20-30-25)19-32(22-10-4-1-5-11-22,23-12-6-2-7-13-23)24-14-8-3-9-15-24;/h1-18H,19-20H2;1H. The highest BCUT2D eigenvalue weighted by Crippen LogP contribution is 2.55. The molecule has 6 heteroatoms. The van der Waals surface area contributed by atoms with Crippen molar-refractivity contribution in [2.45, 2.75) is 0 Å². The smallest absolute Gasteiger partial charge is 0.263 e. The SMILES string of the molecule is O=C(C[P+](c1ccccc1)(c1ccccc1)c1ccccc1)Nc1ccc2c(c1)OCO2.[Br-]. The number of halogens is 1. The van der Waals surface area contributed by atoms with E-state index in [9.17, 15) is 4.79 Å². The second-order valence-corrected chi connectivity index (χ2v) is 11.1. The van der Waals surface area contributed by atoms with E-state index in [0.717, 1.165) is 0 Å². The third-order valence-electron chi connectivity index (χ3n) is 5.63. The number of amides is 1. The predicted molar refractivity (Wildman–Crippen MR) is 131 cm³/mol. The van der Waals surface area contributed by atoms with Crippen LogP contribution in [0.25, 0.3) is 0 Å². The van der Waals surface area contributed by atoms with E-state index in [-0.39, 0.29) is 29.7 Å². The Morgan fingerprint density at radius 3 is 1.70 bits per heavy atom. The Morgan fingerprint density at radius 2 is 1.18 bits per heavy atom. The van der Waals surface area contributed by atoms with Crippen molar-refractivity contribution in [3.05, 3.63) is 109 Å². The number of rotatable bonds is 6. The quantitative estimate of drug-likeness (QED) is 0.391. The van der Waals surface area contributed by atoms with Crippen LogP contribution < -0.4 is 47.7 Å². The van der Waals surface area contributed by atoms with Crippen LogP contribution in [-0.2, 0) is 4.79 Å². The molecule has 0 spiro atoms. The van der Waals surface area contributed by atoms with Gasteiger partial charge >= 0.3 is 0 Å². The number of anilines is 1. The van der Waals surface area contributed by atoms with Crippen LogP contribution >= 0.6 is 7.26 Å². The van der Waals surface area contributed by atoms with Crippen molar-refractivity contribution in [2.24, 2.45) is 0 Å². The van der Waals surface area contributed by atoms with E-state index in [4.69, 9.17) is 9.47 Å². The lowest BCUT2D eigenvalue weighted by Gasteiger charge is -2.27. The van der Waals surface area contributed by atoms with E-state index in [1.807, 2.05) is 72.8 Å². The minimum Gasteiger partial charge on any atom is -1.00 e. The number of nitrogens with one attached hydrogen (secondary N) is 1. The highest BCUT2D eigenvalue weighted by molar-refractivity contribution is 7.96. The van der Waals surface area contributed by atoms with E-state index in [1.165, 1.54) is 15.9 Å². The Balaban J connectivity index is 0.00000259. The summed E-state index contributed by atoms with van der Waals surface area (Å²) in [4.78, 5) is 13.5. The maximum absolute atomic E-state index is 13.5. The summed E-state index contributed by atoms with van der Waals surface area (Å²) in [6, 6.07) is 36.7. The molecule has 33 heavy (non-hydrogen) atoms. The highest BCUT2D eigenvalue weighted by Gasteiger charge is 2.47. The largest absolute Gasteiger partial charge is 1.00 e. The van der Waals surface area contributed by atoms with Gasteiger partial charge in [0.25, 0.3) is 5.91 Å². The van der Waals surface area contributed by atoms with Crippen LogP contribution in [0.4, 0.5) is 5.69 Å². The Morgan fingerprint density at radius 1 is 0.697 bits per heavy atom. The lowest BCUT2D eigenvalue weighted by molar-refractivity contribution is -0.113. The first kappa shape index (κ1) is 23.0. The lowest BCUT2D eigenvalue weighted by atomic mass is 10.3. The van der Waals surface area contributed by atoms with Crippen molar-refractivity contribution < 1.29 is 31.2 Å². The van der Waals surface area contributed by atoms with Crippen LogP contribution in [0.1, 0.15) is 0 Å². The van der Waals surface area contributed by atoms with Gasteiger partial charge in [-0.1, -0.05) is 54.6 Å². The van der Waals surface area contributed by atoms with Crippen molar-refractivity contribution >= 4 is 34.8 Å². The second kappa shape index (κ2) is 10.2. The van der Waals surface area contributed by atoms with Crippen molar-refractivity contribution in [1.82, 2.24) is 0 Å². The van der Waals surface area contributed by atoms with Crippen molar-refractivity contribution in [3.8, 4) is 11.5 Å². The van der Waals surface area contributed by atoms with Gasteiger partial charge in [-0.05, 0) is 48.5 Å². The molecule has 1 aliphatic rings. The van der Waals surface area contributed by atoms with Gasteiger partial charge in [0.2, 0.25) is 6.79 Å². The summed E-state index contributed by atoms with van der Waals surface area (Å²) in [6.45, 7) is 0.206. The number of ether oxygens (including phenoxy) is 2. The number of carbonyl (C=O) groups excluding carboxylic acids is 1. The molecule has 1 aliphatic heterocycles. The first-order chi connectivity index (χ1) is 15.8. The Bertz CT molecular complexity index is 1120. The fourth-order valence-corrected chi connectivity index (χ4v) is 8.15. The molecule has 0 aromatic heterocycles. The Hall–Kier alpha value is -3.14. The van der Waals surface area contributed by atoms with Gasteiger partial charge in [0.05, 0.1) is 0 Å². The fraction of sp³-hybridized carbons (Fsp3) is 0.0741. The average Bonchev–Trinajstić information content (AvgIpc) is 3.32. The van der Waals surface area contributed by atoms with E-state index >= 15 is 0 Å². The van der Waals surface area contributed by atoms with Crippen molar-refractivity contribution in [1.29, 1.82) is 0 Å². The van der Waals surface area contributed by atoms with Crippen LogP contribution in [0, 0.1) is 0 Å². The molecule has 0 saturated heterocycles. The normalized spacial score (nSPS) is 12.0. The first-order valence-electron chi connectivity index (χ1n) is 10.5. The zero-order valence-corrected chi connectivity index (χ0v) is 20.3. The van der Waals surface area contributed by atoms with Crippen LogP contribution in [-0.4, -0.2) is 18.9 Å². The molecule has 4 aromatic carbocycles. The minimum absolute atomic E-state index is 0. The Kier molecular flexibility index (Phi) is 7.12. The van der Waals surface area contributed by atoms with Gasteiger partial charge in [-0.3, -0.25) is 4.79 Å². The maximum Gasteiger partial charge on any atom is 0.263 e. The molecule has 0 bridgehead atoms. The molecule has 0 radical (unpaired) electrons. The highest BCUT2D eigenvalue weighted by atomic mass is 79.9. The Labute approximate surface area is 204 Å². The third-order valence-corrected chi connectivity index (χ3v) is 9.93. The van der Waals surface area contributed by atoms with E-state index in [2.05, 4.69) is 41.7 Å². The molecule has 1 amide bonds. The molecule has 166 valence electrons. The lowest BCUT2D eigenvalue weighted by Crippen LogP contribution is -3.00. The topological polar surface area (TPSA) is 47.6 Å². The predicted octanol–water partition coefficient (Wildman–Crippen LogP) is 1.35. The number of fused-ring (bicyclic) bond motifs is 1. The molecule has 1 N–H and O–H groups in total. The molecule has 4 aromatic rings. The summed E-state index contributed by atoms with van der Waals surface area (Å²) in [6.07, 6.45) is 0.361. The molecule has 0 unspecified atom stereocenters. The van der Waals surface area contributed by atoms with Gasteiger partial charge in [0.1, 0.15) is 23.2 Å². The maximum atomic E-state index is 13.5. The number of benzene rings is 4. The third kappa shape index (κ3) is 4.66. The fourth-order valence-electron chi connectivity index (χ4n) is 4.16. The summed E-state index contributed by atoms with van der Waals surface area (Å²) in [5, 5.41) is 6.63. The summed E-state index contributed by atoms with van der Waals surface area (Å²) in [7, 11) is -2.23. The number of hydrogen-bond donors (Lipinski definition) is 1. The van der Waals surface area contributed by atoms with Crippen LogP contribution in [0.5, 0.6) is 11.5 Å². The molecule has 0 saturated carbocycles. The summed E-state index contributed by atoms with van der Waals surface area (Å²) in [5.74, 6) is 1.31. The molecule has 1 heterocycles.